The van der Waals surface area contributed by atoms with Crippen molar-refractivity contribution in [3.05, 3.63) is 35.9 Å². The number of nitrogens with zero attached hydrogens (tertiary/aromatic N) is 1. The molecule has 0 aromatic heterocycles. The first-order chi connectivity index (χ1) is 9.76. The van der Waals surface area contributed by atoms with E-state index in [-0.39, 0.29) is 11.9 Å². The van der Waals surface area contributed by atoms with Gasteiger partial charge in [-0.3, -0.25) is 9.69 Å². The second-order valence-electron chi connectivity index (χ2n) is 5.54. The van der Waals surface area contributed by atoms with E-state index in [1.165, 1.54) is 26.4 Å². The summed E-state index contributed by atoms with van der Waals surface area (Å²) in [6.45, 7) is 4.10. The van der Waals surface area contributed by atoms with E-state index in [4.69, 9.17) is 4.74 Å². The monoisotopic (exact) mass is 275 g/mol. The fraction of sp³-hybridized carbons (Fsp3) is 0.588. The van der Waals surface area contributed by atoms with Crippen LogP contribution in [-0.2, 0) is 9.53 Å². The Morgan fingerprint density at radius 3 is 2.75 bits per heavy atom. The second-order valence-corrected chi connectivity index (χ2v) is 5.54. The summed E-state index contributed by atoms with van der Waals surface area (Å²) in [5, 5.41) is 0. The maximum Gasteiger partial charge on any atom is 0.314 e. The fourth-order valence-electron chi connectivity index (χ4n) is 3.14. The minimum absolute atomic E-state index is 0.128. The lowest BCUT2D eigenvalue weighted by atomic mass is 9.94. The summed E-state index contributed by atoms with van der Waals surface area (Å²) in [6, 6.07) is 10.6. The Balaban J connectivity index is 2.13. The number of ether oxygens (including phenoxy) is 1. The summed E-state index contributed by atoms with van der Waals surface area (Å²) in [7, 11) is 1.48. The van der Waals surface area contributed by atoms with Gasteiger partial charge in [-0.2, -0.15) is 0 Å². The van der Waals surface area contributed by atoms with Crippen LogP contribution in [0.25, 0.3) is 0 Å². The topological polar surface area (TPSA) is 29.5 Å². The van der Waals surface area contributed by atoms with Crippen molar-refractivity contribution in [3.63, 3.8) is 0 Å². The quantitative estimate of drug-likeness (QED) is 0.773. The lowest BCUT2D eigenvalue weighted by Crippen LogP contribution is -2.42. The molecule has 1 aliphatic heterocycles. The van der Waals surface area contributed by atoms with Gasteiger partial charge in [-0.1, -0.05) is 43.7 Å². The van der Waals surface area contributed by atoms with Crippen LogP contribution in [-0.4, -0.2) is 37.1 Å². The zero-order valence-electron chi connectivity index (χ0n) is 12.5. The zero-order chi connectivity index (χ0) is 14.4. The average molecular weight is 275 g/mol. The Kier molecular flexibility index (Phi) is 5.60. The molecule has 1 aromatic carbocycles. The van der Waals surface area contributed by atoms with Crippen molar-refractivity contribution in [1.29, 1.82) is 0 Å². The number of esters is 1. The first-order valence-electron chi connectivity index (χ1n) is 7.63. The van der Waals surface area contributed by atoms with Crippen LogP contribution in [0.4, 0.5) is 0 Å². The normalized spacial score (nSPS) is 21.4. The van der Waals surface area contributed by atoms with Crippen molar-refractivity contribution in [2.45, 2.75) is 44.6 Å². The highest BCUT2D eigenvalue weighted by Gasteiger charge is 2.28. The van der Waals surface area contributed by atoms with Gasteiger partial charge in [0.15, 0.2) is 0 Å². The van der Waals surface area contributed by atoms with Crippen LogP contribution in [0.15, 0.2) is 30.3 Å². The molecule has 0 bridgehead atoms. The van der Waals surface area contributed by atoms with E-state index in [2.05, 4.69) is 11.8 Å². The average Bonchev–Trinajstić information content (AvgIpc) is 2.53. The summed E-state index contributed by atoms with van der Waals surface area (Å²) >= 11 is 0. The summed E-state index contributed by atoms with van der Waals surface area (Å²) in [6.07, 6.45) is 4.95. The van der Waals surface area contributed by atoms with Crippen molar-refractivity contribution in [3.8, 4) is 0 Å². The number of piperidine rings is 1. The molecule has 1 saturated heterocycles. The van der Waals surface area contributed by atoms with Gasteiger partial charge in [0, 0.05) is 12.6 Å². The number of likely N-dealkylation sites (tertiary alicyclic amines) is 1. The fourth-order valence-corrected chi connectivity index (χ4v) is 3.14. The summed E-state index contributed by atoms with van der Waals surface area (Å²) in [5.41, 5.74) is 1.06. The Labute approximate surface area is 121 Å². The van der Waals surface area contributed by atoms with E-state index >= 15 is 0 Å². The molecule has 3 nitrogen and oxygen atoms in total. The molecule has 0 amide bonds. The lowest BCUT2D eigenvalue weighted by Gasteiger charge is -2.37. The predicted molar refractivity (Wildman–Crippen MR) is 80.7 cm³/mol. The molecule has 0 saturated carbocycles. The Morgan fingerprint density at radius 2 is 2.10 bits per heavy atom. The predicted octanol–water partition coefficient (Wildman–Crippen LogP) is 3.21. The van der Waals surface area contributed by atoms with E-state index < -0.39 is 0 Å². The number of carbonyl (C=O) groups is 1. The molecule has 0 spiro atoms. The molecule has 1 aromatic rings. The van der Waals surface area contributed by atoms with Crippen LogP contribution in [0.2, 0.25) is 0 Å². The summed E-state index contributed by atoms with van der Waals surface area (Å²) < 4.78 is 5.01. The molecule has 1 fully saturated rings. The van der Waals surface area contributed by atoms with Crippen molar-refractivity contribution in [2.75, 3.05) is 20.2 Å². The van der Waals surface area contributed by atoms with Crippen molar-refractivity contribution in [1.82, 2.24) is 4.90 Å². The highest BCUT2D eigenvalue weighted by atomic mass is 16.5. The molecule has 2 unspecified atom stereocenters. The van der Waals surface area contributed by atoms with Crippen molar-refractivity contribution in [2.24, 2.45) is 0 Å². The molecule has 0 radical (unpaired) electrons. The molecule has 1 aliphatic rings. The minimum Gasteiger partial charge on any atom is -0.469 e. The van der Waals surface area contributed by atoms with Gasteiger partial charge in [0.2, 0.25) is 0 Å². The number of methoxy groups -OCH3 is 1. The largest absolute Gasteiger partial charge is 0.469 e. The lowest BCUT2D eigenvalue weighted by molar-refractivity contribution is -0.143. The van der Waals surface area contributed by atoms with E-state index in [0.29, 0.717) is 6.04 Å². The molecule has 2 atom stereocenters. The van der Waals surface area contributed by atoms with Gasteiger partial charge in [-0.15, -0.1) is 0 Å². The van der Waals surface area contributed by atoms with Crippen molar-refractivity contribution < 1.29 is 9.53 Å². The molecular formula is C17H25NO2. The third kappa shape index (κ3) is 3.60. The number of rotatable bonds is 5. The van der Waals surface area contributed by atoms with E-state index in [1.54, 1.807) is 0 Å². The Bertz CT molecular complexity index is 418. The van der Waals surface area contributed by atoms with Crippen LogP contribution in [0.3, 0.4) is 0 Å². The molecule has 0 N–H and O–H groups in total. The molecule has 2 rings (SSSR count). The van der Waals surface area contributed by atoms with Gasteiger partial charge in [0.1, 0.15) is 0 Å². The highest BCUT2D eigenvalue weighted by molar-refractivity contribution is 5.78. The van der Waals surface area contributed by atoms with Crippen LogP contribution in [0, 0.1) is 0 Å². The van der Waals surface area contributed by atoms with Crippen LogP contribution >= 0.6 is 0 Å². The zero-order valence-corrected chi connectivity index (χ0v) is 12.5. The van der Waals surface area contributed by atoms with Gasteiger partial charge in [-0.25, -0.2) is 0 Å². The molecule has 1 heterocycles. The summed E-state index contributed by atoms with van der Waals surface area (Å²) in [4.78, 5) is 14.6. The molecule has 3 heteroatoms. The van der Waals surface area contributed by atoms with Gasteiger partial charge >= 0.3 is 5.97 Å². The maximum absolute atomic E-state index is 12.1. The van der Waals surface area contributed by atoms with Gasteiger partial charge in [0.05, 0.1) is 13.0 Å². The first kappa shape index (κ1) is 15.0. The van der Waals surface area contributed by atoms with E-state index in [0.717, 1.165) is 25.1 Å². The minimum atomic E-state index is -0.173. The van der Waals surface area contributed by atoms with Gasteiger partial charge in [-0.05, 0) is 31.4 Å². The van der Waals surface area contributed by atoms with Crippen LogP contribution in [0.5, 0.6) is 0 Å². The van der Waals surface area contributed by atoms with Crippen LogP contribution < -0.4 is 0 Å². The smallest absolute Gasteiger partial charge is 0.314 e. The van der Waals surface area contributed by atoms with Crippen LogP contribution in [0.1, 0.15) is 44.1 Å². The van der Waals surface area contributed by atoms with Gasteiger partial charge in [0.25, 0.3) is 0 Å². The molecular weight excluding hydrogens is 250 g/mol. The number of hydrogen-bond donors (Lipinski definition) is 0. The number of hydrogen-bond acceptors (Lipinski definition) is 3. The molecule has 20 heavy (non-hydrogen) atoms. The Morgan fingerprint density at radius 1 is 1.35 bits per heavy atom. The second kappa shape index (κ2) is 7.44. The highest BCUT2D eigenvalue weighted by Crippen LogP contribution is 2.25. The van der Waals surface area contributed by atoms with Gasteiger partial charge < -0.3 is 4.74 Å². The molecule has 110 valence electrons. The van der Waals surface area contributed by atoms with E-state index in [1.807, 2.05) is 30.3 Å². The summed E-state index contributed by atoms with van der Waals surface area (Å²) in [5.74, 6) is -0.301. The molecule has 0 aliphatic carbocycles. The third-order valence-corrected chi connectivity index (χ3v) is 4.33. The first-order valence-corrected chi connectivity index (χ1v) is 7.63. The maximum atomic E-state index is 12.1. The number of carbonyl (C=O) groups excluding carboxylic acids is 1. The number of benzene rings is 1. The third-order valence-electron chi connectivity index (χ3n) is 4.33. The SMILES string of the molecule is CCC1CCCCN1CC(C(=O)OC)c1ccccc1. The standard InChI is InChI=1S/C17H25NO2/c1-3-15-11-7-8-12-18(15)13-16(17(19)20-2)14-9-5-4-6-10-14/h4-6,9-10,15-16H,3,7-8,11-13H2,1-2H3. The Hall–Kier alpha value is -1.35. The van der Waals surface area contributed by atoms with Crippen molar-refractivity contribution >= 4 is 5.97 Å². The van der Waals surface area contributed by atoms with E-state index in [9.17, 15) is 4.79 Å².